The average molecular weight is 1510 g/mol. The second-order valence-corrected chi connectivity index (χ2v) is 27.1. The third-order valence-corrected chi connectivity index (χ3v) is 18.4. The second kappa shape index (κ2) is 49.4. The van der Waals surface area contributed by atoms with Crippen molar-refractivity contribution in [2.24, 2.45) is 0 Å². The Morgan fingerprint density at radius 1 is 0.425 bits per heavy atom. The van der Waals surface area contributed by atoms with Crippen LogP contribution in [0.5, 0.6) is 0 Å². The molecule has 0 saturated carbocycles. The maximum atomic E-state index is 13.9. The van der Waals surface area contributed by atoms with Crippen LogP contribution in [-0.4, -0.2) is 271 Å². The quantitative estimate of drug-likeness (QED) is 0.0257. The summed E-state index contributed by atoms with van der Waals surface area (Å²) in [6.07, 6.45) is 8.80. The van der Waals surface area contributed by atoms with Gasteiger partial charge in [0.25, 0.3) is 0 Å². The number of aryl methyl sites for hydroxylation is 2. The van der Waals surface area contributed by atoms with Gasteiger partial charge in [-0.1, -0.05) is 56.4 Å². The topological polar surface area (TPSA) is 510 Å². The number of urea groups is 1. The molecule has 1 saturated heterocycles. The smallest absolute Gasteiger partial charge is 0.326 e. The molecular weight excluding hydrogens is 1400 g/mol. The van der Waals surface area contributed by atoms with Crippen LogP contribution in [0.25, 0.3) is 0 Å². The number of unbranched alkanes of at least 4 members (excludes halogenated alkanes) is 7. The SMILES string of the molecule is O=C(O)CC[C@H](NC(=O)N[C@@H](CCCC(=O)NCCCCCCCC(=O)N[C@@H](CCCCNC(=S)Nc1ccc(CC2CN(CC(=O)O)CCN(CC(=O)O)CCN(CC(=O)O)CCN2CC(=O)O)cc1)C(=O)N[C@@H](CCCCCNC(=O)CCC(=O)c1ccc2c(c1)CCCC2)C(=O)O)C(=O)O)C(=O)O. The zero-order valence-corrected chi connectivity index (χ0v) is 60.8. The molecule has 1 fully saturated rings. The lowest BCUT2D eigenvalue weighted by atomic mass is 9.89. The maximum absolute atomic E-state index is 13.9. The minimum absolute atomic E-state index is 0.0268. The number of hydrogen-bond donors (Lipinski definition) is 16. The van der Waals surface area contributed by atoms with Crippen LogP contribution in [0.1, 0.15) is 168 Å². The van der Waals surface area contributed by atoms with Gasteiger partial charge in [0.1, 0.15) is 24.2 Å². The number of anilines is 1. The van der Waals surface area contributed by atoms with Crippen molar-refractivity contribution in [3.8, 4) is 0 Å². The number of aliphatic carboxylic acids is 8. The lowest BCUT2D eigenvalue weighted by Crippen LogP contribution is -2.53. The van der Waals surface area contributed by atoms with Crippen LogP contribution in [0.2, 0.25) is 0 Å². The number of ketones is 1. The number of carbonyl (C=O) groups is 14. The van der Waals surface area contributed by atoms with Crippen molar-refractivity contribution in [3.05, 3.63) is 64.7 Å². The van der Waals surface area contributed by atoms with E-state index in [9.17, 15) is 103 Å². The molecule has 588 valence electrons. The lowest BCUT2D eigenvalue weighted by Gasteiger charge is -2.37. The molecule has 35 heteroatoms. The maximum Gasteiger partial charge on any atom is 0.326 e. The third-order valence-electron chi connectivity index (χ3n) is 18.1. The van der Waals surface area contributed by atoms with E-state index in [4.69, 9.17) is 17.3 Å². The van der Waals surface area contributed by atoms with Gasteiger partial charge in [0, 0.05) is 115 Å². The molecule has 0 bridgehead atoms. The van der Waals surface area contributed by atoms with Crippen molar-refractivity contribution in [2.45, 2.75) is 191 Å². The highest BCUT2D eigenvalue weighted by atomic mass is 32.1. The van der Waals surface area contributed by atoms with E-state index in [1.54, 1.807) is 43.9 Å². The molecule has 1 unspecified atom stereocenters. The number of rotatable bonds is 49. The molecule has 1 aliphatic heterocycles. The number of nitrogens with one attached hydrogen (secondary N) is 8. The van der Waals surface area contributed by atoms with Gasteiger partial charge in [-0.2, -0.15) is 0 Å². The van der Waals surface area contributed by atoms with E-state index in [-0.39, 0.29) is 139 Å². The first kappa shape index (κ1) is 88.9. The van der Waals surface area contributed by atoms with E-state index in [0.717, 1.165) is 31.2 Å². The number of benzene rings is 2. The first-order valence-corrected chi connectivity index (χ1v) is 36.6. The fourth-order valence-electron chi connectivity index (χ4n) is 12.4. The van der Waals surface area contributed by atoms with Crippen LogP contribution in [0.3, 0.4) is 0 Å². The number of nitrogens with zero attached hydrogens (tertiary/aromatic N) is 4. The molecular formula is C71H106N12O22S. The average Bonchev–Trinajstić information content (AvgIpc) is 0.849. The number of carboxylic acids is 8. The highest BCUT2D eigenvalue weighted by Gasteiger charge is 2.31. The van der Waals surface area contributed by atoms with Crippen LogP contribution in [0.4, 0.5) is 10.5 Å². The predicted molar refractivity (Wildman–Crippen MR) is 389 cm³/mol. The van der Waals surface area contributed by atoms with Crippen LogP contribution < -0.4 is 42.5 Å². The van der Waals surface area contributed by atoms with Gasteiger partial charge in [-0.05, 0) is 143 Å². The van der Waals surface area contributed by atoms with Gasteiger partial charge in [-0.15, -0.1) is 0 Å². The number of carboxylic acid groups (broad SMARTS) is 8. The third kappa shape index (κ3) is 38.0. The summed E-state index contributed by atoms with van der Waals surface area (Å²) < 4.78 is 0. The minimum atomic E-state index is -1.57. The number of thiocarbonyl (C=S) groups is 1. The molecule has 106 heavy (non-hydrogen) atoms. The zero-order valence-electron chi connectivity index (χ0n) is 60.0. The van der Waals surface area contributed by atoms with Gasteiger partial charge in [0.2, 0.25) is 23.6 Å². The van der Waals surface area contributed by atoms with Crippen molar-refractivity contribution >= 4 is 106 Å². The monoisotopic (exact) mass is 1510 g/mol. The summed E-state index contributed by atoms with van der Waals surface area (Å²) in [6.45, 7) is 0.326. The molecule has 16 N–H and O–H groups in total. The highest BCUT2D eigenvalue weighted by molar-refractivity contribution is 7.80. The normalized spacial score (nSPS) is 15.7. The summed E-state index contributed by atoms with van der Waals surface area (Å²) >= 11 is 5.60. The Balaban J connectivity index is 1.29. The van der Waals surface area contributed by atoms with Crippen molar-refractivity contribution < 1.29 is 108 Å². The first-order valence-electron chi connectivity index (χ1n) is 36.2. The lowest BCUT2D eigenvalue weighted by molar-refractivity contribution is -0.142. The standard InChI is InChI=1S/C71H106N12O22S/c84-57(50-24-23-48-14-7-8-15-49(48)41-50)28-29-59(86)73-32-11-4-5-17-54(67(99)100)77-66(98)53(76-60(87)19-6-2-1-3-10-31-72-58(85)20-13-18-55(68(101)102)78-70(105)79-56(69(103)104)27-30-61(88)89)16-9-12-33-74-71(106)75-51-25-21-47(22-26-51)40-52-42-82(45-64(94)95)37-36-80(43-62(90)91)34-35-81(44-63(92)93)38-39-83(52)46-65(96)97/h21-26,41,52-56H,1-20,27-40,42-46H2,(H,72,85)(H,73,86)(H,76,87)(H,77,98)(H,88,89)(H,90,91)(H,92,93)(H,94,95)(H,96,97)(H,99,100)(H,101,102)(H,103,104)(H2,74,75,106)(H2,78,79,105)/t52?,53-,54-,55-,56-/m0/s1. The summed E-state index contributed by atoms with van der Waals surface area (Å²) in [5.74, 6) is -11.9. The van der Waals surface area contributed by atoms with Crippen LogP contribution in [-0.2, 0) is 76.8 Å². The van der Waals surface area contributed by atoms with Gasteiger partial charge in [0.05, 0.1) is 26.2 Å². The van der Waals surface area contributed by atoms with Crippen molar-refractivity contribution in [1.29, 1.82) is 0 Å². The molecule has 0 radical (unpaired) electrons. The molecule has 1 heterocycles. The number of amides is 6. The van der Waals surface area contributed by atoms with E-state index in [0.29, 0.717) is 95.1 Å². The Bertz CT molecular complexity index is 3270. The van der Waals surface area contributed by atoms with E-state index < -0.39 is 122 Å². The van der Waals surface area contributed by atoms with Crippen molar-refractivity contribution in [1.82, 2.24) is 56.8 Å². The minimum Gasteiger partial charge on any atom is -0.481 e. The Hall–Kier alpha value is -9.45. The van der Waals surface area contributed by atoms with Gasteiger partial charge < -0.3 is 83.4 Å². The summed E-state index contributed by atoms with van der Waals surface area (Å²) in [7, 11) is 0. The number of hydrogen-bond acceptors (Lipinski definition) is 19. The van der Waals surface area contributed by atoms with Crippen LogP contribution >= 0.6 is 12.2 Å². The molecule has 2 aromatic rings. The molecule has 6 amide bonds. The fraction of sp³-hybridized carbons (Fsp3) is 0.620. The summed E-state index contributed by atoms with van der Waals surface area (Å²) in [6, 6.07) is 5.69. The fourth-order valence-corrected chi connectivity index (χ4v) is 12.6. The molecule has 2 aliphatic rings. The number of carbonyl (C=O) groups excluding carboxylic acids is 6. The van der Waals surface area contributed by atoms with Gasteiger partial charge in [0.15, 0.2) is 10.9 Å². The van der Waals surface area contributed by atoms with E-state index in [2.05, 4.69) is 37.2 Å². The zero-order chi connectivity index (χ0) is 77.9. The van der Waals surface area contributed by atoms with Gasteiger partial charge in [-0.3, -0.25) is 67.5 Å². The molecule has 4 rings (SSSR count). The summed E-state index contributed by atoms with van der Waals surface area (Å²) in [4.78, 5) is 179. The molecule has 34 nitrogen and oxygen atoms in total. The van der Waals surface area contributed by atoms with E-state index >= 15 is 0 Å². The van der Waals surface area contributed by atoms with Gasteiger partial charge >= 0.3 is 53.8 Å². The predicted octanol–water partition coefficient (Wildman–Crippen LogP) is 2.58. The molecule has 1 aliphatic carbocycles. The largest absolute Gasteiger partial charge is 0.481 e. The van der Waals surface area contributed by atoms with Crippen molar-refractivity contribution in [2.75, 3.05) is 96.9 Å². The van der Waals surface area contributed by atoms with Crippen LogP contribution in [0.15, 0.2) is 42.5 Å². The van der Waals surface area contributed by atoms with E-state index in [1.165, 1.54) is 11.1 Å². The van der Waals surface area contributed by atoms with Crippen LogP contribution in [0, 0.1) is 0 Å². The molecule has 5 atom stereocenters. The molecule has 2 aromatic carbocycles. The van der Waals surface area contributed by atoms with Crippen molar-refractivity contribution in [3.63, 3.8) is 0 Å². The molecule has 0 spiro atoms. The highest BCUT2D eigenvalue weighted by Crippen LogP contribution is 2.24. The second-order valence-electron chi connectivity index (χ2n) is 26.7. The Morgan fingerprint density at radius 3 is 1.51 bits per heavy atom. The van der Waals surface area contributed by atoms with E-state index in [1.807, 2.05) is 23.5 Å². The summed E-state index contributed by atoms with van der Waals surface area (Å²) in [5.41, 5.74) is 4.38. The number of Topliss-reactive ketones (excluding diaryl/α,β-unsaturated/α-hetero) is 1. The molecule has 0 aromatic heterocycles. The number of fused-ring (bicyclic) bond motifs is 1. The Morgan fingerprint density at radius 2 is 0.906 bits per heavy atom. The Kier molecular flexibility index (Phi) is 41.4. The Labute approximate surface area is 620 Å². The van der Waals surface area contributed by atoms with Gasteiger partial charge in [-0.25, -0.2) is 19.2 Å². The summed E-state index contributed by atoms with van der Waals surface area (Å²) in [5, 5.41) is 98.6. The first-order chi connectivity index (χ1) is 50.5.